The third kappa shape index (κ3) is 3.59. The van der Waals surface area contributed by atoms with Crippen molar-refractivity contribution in [3.63, 3.8) is 0 Å². The number of rotatable bonds is 4. The van der Waals surface area contributed by atoms with E-state index in [0.717, 1.165) is 10.0 Å². The second-order valence-electron chi connectivity index (χ2n) is 4.04. The minimum absolute atomic E-state index is 0.179. The molecule has 0 aliphatic heterocycles. The van der Waals surface area contributed by atoms with E-state index in [1.165, 1.54) is 0 Å². The van der Waals surface area contributed by atoms with Crippen molar-refractivity contribution in [2.45, 2.75) is 32.0 Å². The molecule has 2 unspecified atom stereocenters. The van der Waals surface area contributed by atoms with Gasteiger partial charge in [-0.1, -0.05) is 28.1 Å². The van der Waals surface area contributed by atoms with Crippen molar-refractivity contribution in [2.75, 3.05) is 7.11 Å². The summed E-state index contributed by atoms with van der Waals surface area (Å²) < 4.78 is 6.20. The normalized spacial score (nSPS) is 17.1. The van der Waals surface area contributed by atoms with Crippen LogP contribution in [0.2, 0.25) is 0 Å². The minimum atomic E-state index is -0.831. The number of benzene rings is 1. The quantitative estimate of drug-likeness (QED) is 0.914. The Morgan fingerprint density at radius 3 is 2.40 bits per heavy atom. The Balaban J connectivity index is 2.72. The molecule has 3 heteroatoms. The number of hydrogen-bond acceptors (Lipinski definition) is 2. The molecule has 0 bridgehead atoms. The standard InChI is InChI=1S/C12H17BrO2/c1-9(15-3)12(2,14)8-10-4-6-11(13)7-5-10/h4-7,9,14H,8H2,1-3H3. The van der Waals surface area contributed by atoms with E-state index in [1.54, 1.807) is 14.0 Å². The van der Waals surface area contributed by atoms with Crippen LogP contribution in [0.3, 0.4) is 0 Å². The van der Waals surface area contributed by atoms with E-state index in [1.807, 2.05) is 31.2 Å². The van der Waals surface area contributed by atoms with Gasteiger partial charge in [0.2, 0.25) is 0 Å². The number of halogens is 1. The lowest BCUT2D eigenvalue weighted by Gasteiger charge is -2.29. The molecule has 84 valence electrons. The predicted molar refractivity (Wildman–Crippen MR) is 64.9 cm³/mol. The van der Waals surface area contributed by atoms with E-state index in [-0.39, 0.29) is 6.10 Å². The van der Waals surface area contributed by atoms with E-state index in [2.05, 4.69) is 15.9 Å². The lowest BCUT2D eigenvalue weighted by atomic mass is 9.92. The highest BCUT2D eigenvalue weighted by molar-refractivity contribution is 9.10. The third-order valence-corrected chi connectivity index (χ3v) is 3.23. The maximum absolute atomic E-state index is 10.2. The number of methoxy groups -OCH3 is 1. The highest BCUT2D eigenvalue weighted by atomic mass is 79.9. The first-order valence-corrected chi connectivity index (χ1v) is 5.74. The molecule has 2 nitrogen and oxygen atoms in total. The average molecular weight is 273 g/mol. The summed E-state index contributed by atoms with van der Waals surface area (Å²) in [6.45, 7) is 3.67. The van der Waals surface area contributed by atoms with Crippen molar-refractivity contribution < 1.29 is 9.84 Å². The Hall–Kier alpha value is -0.380. The van der Waals surface area contributed by atoms with Gasteiger partial charge >= 0.3 is 0 Å². The smallest absolute Gasteiger partial charge is 0.0917 e. The molecule has 1 aromatic rings. The molecule has 1 aromatic carbocycles. The van der Waals surface area contributed by atoms with Gasteiger partial charge in [-0.15, -0.1) is 0 Å². The fourth-order valence-electron chi connectivity index (χ4n) is 1.41. The Bertz CT molecular complexity index is 306. The molecule has 1 N–H and O–H groups in total. The highest BCUT2D eigenvalue weighted by Gasteiger charge is 2.28. The van der Waals surface area contributed by atoms with Crippen LogP contribution in [0.4, 0.5) is 0 Å². The monoisotopic (exact) mass is 272 g/mol. The van der Waals surface area contributed by atoms with Crippen molar-refractivity contribution in [1.29, 1.82) is 0 Å². The summed E-state index contributed by atoms with van der Waals surface area (Å²) >= 11 is 3.38. The second kappa shape index (κ2) is 5.10. The van der Waals surface area contributed by atoms with E-state index < -0.39 is 5.60 Å². The molecule has 0 aromatic heterocycles. The number of hydrogen-bond donors (Lipinski definition) is 1. The van der Waals surface area contributed by atoms with Gasteiger partial charge in [-0.3, -0.25) is 0 Å². The Labute approximate surface area is 99.4 Å². The largest absolute Gasteiger partial charge is 0.387 e. The molecule has 0 saturated carbocycles. The van der Waals surface area contributed by atoms with Crippen LogP contribution in [0.15, 0.2) is 28.7 Å². The first-order valence-electron chi connectivity index (χ1n) is 4.95. The summed E-state index contributed by atoms with van der Waals surface area (Å²) in [6, 6.07) is 7.95. The summed E-state index contributed by atoms with van der Waals surface area (Å²) in [4.78, 5) is 0. The van der Waals surface area contributed by atoms with Gasteiger partial charge in [0.1, 0.15) is 0 Å². The molecule has 0 saturated heterocycles. The summed E-state index contributed by atoms with van der Waals surface area (Å²) in [5.41, 5.74) is 0.273. The van der Waals surface area contributed by atoms with Crippen molar-refractivity contribution >= 4 is 15.9 Å². The molecule has 0 radical (unpaired) electrons. The van der Waals surface area contributed by atoms with Crippen LogP contribution in [-0.4, -0.2) is 23.9 Å². The first-order chi connectivity index (χ1) is 6.95. The molecule has 0 aliphatic carbocycles. The van der Waals surface area contributed by atoms with Crippen LogP contribution >= 0.6 is 15.9 Å². The van der Waals surface area contributed by atoms with Gasteiger partial charge < -0.3 is 9.84 Å². The minimum Gasteiger partial charge on any atom is -0.387 e. The van der Waals surface area contributed by atoms with E-state index >= 15 is 0 Å². The molecule has 0 fully saturated rings. The summed E-state index contributed by atoms with van der Waals surface area (Å²) in [7, 11) is 1.61. The molecule has 0 aliphatic rings. The van der Waals surface area contributed by atoms with Crippen LogP contribution in [0, 0.1) is 0 Å². The number of aliphatic hydroxyl groups is 1. The van der Waals surface area contributed by atoms with Crippen molar-refractivity contribution in [3.05, 3.63) is 34.3 Å². The van der Waals surface area contributed by atoms with Crippen molar-refractivity contribution in [3.8, 4) is 0 Å². The van der Waals surface area contributed by atoms with Gasteiger partial charge in [-0.2, -0.15) is 0 Å². The van der Waals surface area contributed by atoms with Gasteiger partial charge in [0, 0.05) is 18.0 Å². The SMILES string of the molecule is COC(C)C(C)(O)Cc1ccc(Br)cc1. The summed E-state index contributed by atoms with van der Waals surface area (Å²) in [6.07, 6.45) is 0.413. The molecule has 0 heterocycles. The molecular weight excluding hydrogens is 256 g/mol. The van der Waals surface area contributed by atoms with E-state index in [4.69, 9.17) is 4.74 Å². The van der Waals surface area contributed by atoms with E-state index in [9.17, 15) is 5.11 Å². The lowest BCUT2D eigenvalue weighted by Crippen LogP contribution is -2.40. The molecular formula is C12H17BrO2. The zero-order chi connectivity index (χ0) is 11.5. The van der Waals surface area contributed by atoms with Gasteiger partial charge in [-0.25, -0.2) is 0 Å². The highest BCUT2D eigenvalue weighted by Crippen LogP contribution is 2.20. The van der Waals surface area contributed by atoms with E-state index in [0.29, 0.717) is 6.42 Å². The van der Waals surface area contributed by atoms with Gasteiger partial charge in [-0.05, 0) is 31.5 Å². The summed E-state index contributed by atoms with van der Waals surface area (Å²) in [5, 5.41) is 10.2. The fraction of sp³-hybridized carbons (Fsp3) is 0.500. The predicted octanol–water partition coefficient (Wildman–Crippen LogP) is 2.78. The zero-order valence-corrected chi connectivity index (χ0v) is 10.9. The lowest BCUT2D eigenvalue weighted by molar-refractivity contribution is -0.0715. The van der Waals surface area contributed by atoms with Crippen LogP contribution in [0.5, 0.6) is 0 Å². The Morgan fingerprint density at radius 2 is 1.93 bits per heavy atom. The number of ether oxygens (including phenoxy) is 1. The molecule has 0 amide bonds. The molecule has 2 atom stereocenters. The molecule has 0 spiro atoms. The van der Waals surface area contributed by atoms with Crippen LogP contribution in [0.25, 0.3) is 0 Å². The van der Waals surface area contributed by atoms with Gasteiger partial charge in [0.15, 0.2) is 0 Å². The topological polar surface area (TPSA) is 29.5 Å². The Morgan fingerprint density at radius 1 is 1.40 bits per heavy atom. The zero-order valence-electron chi connectivity index (χ0n) is 9.33. The van der Waals surface area contributed by atoms with Crippen molar-refractivity contribution in [2.24, 2.45) is 0 Å². The van der Waals surface area contributed by atoms with Crippen LogP contribution in [0.1, 0.15) is 19.4 Å². The average Bonchev–Trinajstić information content (AvgIpc) is 2.20. The first kappa shape index (κ1) is 12.7. The summed E-state index contributed by atoms with van der Waals surface area (Å²) in [5.74, 6) is 0. The van der Waals surface area contributed by atoms with Gasteiger partial charge in [0.25, 0.3) is 0 Å². The second-order valence-corrected chi connectivity index (χ2v) is 4.95. The van der Waals surface area contributed by atoms with Crippen molar-refractivity contribution in [1.82, 2.24) is 0 Å². The van der Waals surface area contributed by atoms with Crippen LogP contribution < -0.4 is 0 Å². The fourth-order valence-corrected chi connectivity index (χ4v) is 1.68. The maximum atomic E-state index is 10.2. The third-order valence-electron chi connectivity index (χ3n) is 2.70. The molecule has 1 rings (SSSR count). The Kier molecular flexibility index (Phi) is 4.32. The van der Waals surface area contributed by atoms with Gasteiger partial charge in [0.05, 0.1) is 11.7 Å². The van der Waals surface area contributed by atoms with Crippen LogP contribution in [-0.2, 0) is 11.2 Å². The molecule has 15 heavy (non-hydrogen) atoms. The maximum Gasteiger partial charge on any atom is 0.0917 e.